The van der Waals surface area contributed by atoms with Crippen molar-refractivity contribution < 1.29 is 0 Å². The molecule has 2 heterocycles. The molecule has 0 spiro atoms. The molecule has 10 aromatic carbocycles. The molecule has 0 atom stereocenters. The maximum atomic E-state index is 5.11. The third kappa shape index (κ3) is 5.55. The summed E-state index contributed by atoms with van der Waals surface area (Å²) < 4.78 is 2.19. The standard InChI is InChI=1S/C57H37N3/c1-3-12-44(13-4-1)57-56(58-53-17-9-10-36-59(53)57)43-20-18-39(19-21-43)49-32-25-41-28-35-52-50(33-26-42-27-34-51(49)54(41)55(42)52)40-23-29-47(30-24-40)60(46-15-5-2-6-16-46)48-31-22-38-11-7-8-14-45(38)37-48/h1-37H. The van der Waals surface area contributed by atoms with Gasteiger partial charge in [0.05, 0.1) is 11.4 Å². The summed E-state index contributed by atoms with van der Waals surface area (Å²) >= 11 is 0. The summed E-state index contributed by atoms with van der Waals surface area (Å²) in [5.74, 6) is 0. The number of fused-ring (bicyclic) bond motifs is 2. The van der Waals surface area contributed by atoms with Crippen LogP contribution in [0.2, 0.25) is 0 Å². The van der Waals surface area contributed by atoms with Crippen molar-refractivity contribution in [3.63, 3.8) is 0 Å². The molecule has 0 amide bonds. The van der Waals surface area contributed by atoms with Crippen LogP contribution in [0.15, 0.2) is 225 Å². The van der Waals surface area contributed by atoms with Gasteiger partial charge in [0.2, 0.25) is 0 Å². The minimum Gasteiger partial charge on any atom is -0.310 e. The molecular formula is C57H37N3. The molecule has 0 fully saturated rings. The zero-order valence-corrected chi connectivity index (χ0v) is 32.7. The van der Waals surface area contributed by atoms with Crippen LogP contribution in [0.4, 0.5) is 17.1 Å². The number of aromatic nitrogens is 2. The molecule has 12 rings (SSSR count). The predicted molar refractivity (Wildman–Crippen MR) is 253 cm³/mol. The van der Waals surface area contributed by atoms with Crippen LogP contribution in [0, 0.1) is 0 Å². The predicted octanol–water partition coefficient (Wildman–Crippen LogP) is 15.5. The number of nitrogens with zero attached hydrogens (tertiary/aromatic N) is 3. The zero-order valence-electron chi connectivity index (χ0n) is 32.7. The topological polar surface area (TPSA) is 20.5 Å². The highest BCUT2D eigenvalue weighted by Crippen LogP contribution is 2.44. The minimum atomic E-state index is 0.938. The quantitative estimate of drug-likeness (QED) is 0.151. The van der Waals surface area contributed by atoms with Crippen LogP contribution in [-0.4, -0.2) is 9.38 Å². The maximum Gasteiger partial charge on any atom is 0.137 e. The first-order valence-electron chi connectivity index (χ1n) is 20.5. The van der Waals surface area contributed by atoms with E-state index in [-0.39, 0.29) is 0 Å². The Morgan fingerprint density at radius 1 is 0.350 bits per heavy atom. The van der Waals surface area contributed by atoms with E-state index in [9.17, 15) is 0 Å². The van der Waals surface area contributed by atoms with E-state index in [1.165, 1.54) is 65.3 Å². The summed E-state index contributed by atoms with van der Waals surface area (Å²) in [5.41, 5.74) is 13.5. The van der Waals surface area contributed by atoms with Gasteiger partial charge in [-0.15, -0.1) is 0 Å². The Morgan fingerprint density at radius 3 is 1.55 bits per heavy atom. The fourth-order valence-electron chi connectivity index (χ4n) is 9.31. The van der Waals surface area contributed by atoms with Crippen LogP contribution in [0.5, 0.6) is 0 Å². The highest BCUT2D eigenvalue weighted by atomic mass is 15.1. The van der Waals surface area contributed by atoms with E-state index in [0.29, 0.717) is 0 Å². The number of para-hydroxylation sites is 1. The minimum absolute atomic E-state index is 0.938. The van der Waals surface area contributed by atoms with Gasteiger partial charge in [-0.25, -0.2) is 4.98 Å². The Morgan fingerprint density at radius 2 is 0.867 bits per heavy atom. The lowest BCUT2D eigenvalue weighted by atomic mass is 9.87. The SMILES string of the molecule is c1ccc(-c2c(-c3ccc(-c4ccc5ccc6c(-c7ccc(N(c8ccccc8)c8ccc9ccccc9c8)cc7)ccc7ccc4c5c76)cc3)nc3ccccn23)cc1. The molecule has 3 heteroatoms. The Bertz CT molecular complexity index is 3510. The first kappa shape index (κ1) is 34.1. The number of hydrogen-bond acceptors (Lipinski definition) is 2. The Hall–Kier alpha value is -8.01. The van der Waals surface area contributed by atoms with Crippen LogP contribution in [0.25, 0.3) is 93.5 Å². The van der Waals surface area contributed by atoms with Gasteiger partial charge in [-0.05, 0) is 114 Å². The van der Waals surface area contributed by atoms with Crippen molar-refractivity contribution in [3.8, 4) is 44.8 Å². The third-order valence-electron chi connectivity index (χ3n) is 12.2. The fourth-order valence-corrected chi connectivity index (χ4v) is 9.31. The Labute approximate surface area is 348 Å². The van der Waals surface area contributed by atoms with E-state index in [4.69, 9.17) is 4.98 Å². The first-order chi connectivity index (χ1) is 29.7. The van der Waals surface area contributed by atoms with Gasteiger partial charge in [0, 0.05) is 34.4 Å². The van der Waals surface area contributed by atoms with Crippen LogP contribution < -0.4 is 4.90 Å². The van der Waals surface area contributed by atoms with Crippen molar-refractivity contribution in [2.24, 2.45) is 0 Å². The van der Waals surface area contributed by atoms with Gasteiger partial charge < -0.3 is 4.90 Å². The van der Waals surface area contributed by atoms with E-state index in [0.717, 1.165) is 45.2 Å². The highest BCUT2D eigenvalue weighted by molar-refractivity contribution is 6.27. The van der Waals surface area contributed by atoms with Crippen LogP contribution >= 0.6 is 0 Å². The number of rotatable bonds is 7. The molecule has 12 aromatic rings. The molecule has 60 heavy (non-hydrogen) atoms. The second-order valence-electron chi connectivity index (χ2n) is 15.6. The molecule has 0 saturated heterocycles. The Kier molecular flexibility index (Phi) is 7.85. The largest absolute Gasteiger partial charge is 0.310 e. The molecule has 2 aromatic heterocycles. The van der Waals surface area contributed by atoms with Crippen molar-refractivity contribution in [3.05, 3.63) is 225 Å². The normalized spacial score (nSPS) is 11.7. The van der Waals surface area contributed by atoms with Gasteiger partial charge in [-0.2, -0.15) is 0 Å². The molecule has 3 nitrogen and oxygen atoms in total. The second kappa shape index (κ2) is 13.8. The number of anilines is 3. The zero-order chi connectivity index (χ0) is 39.6. The van der Waals surface area contributed by atoms with Gasteiger partial charge in [0.1, 0.15) is 5.65 Å². The second-order valence-corrected chi connectivity index (χ2v) is 15.6. The molecule has 0 saturated carbocycles. The lowest BCUT2D eigenvalue weighted by Gasteiger charge is -2.26. The average Bonchev–Trinajstić information content (AvgIpc) is 3.71. The molecule has 0 bridgehead atoms. The smallest absolute Gasteiger partial charge is 0.137 e. The molecule has 0 aliphatic heterocycles. The van der Waals surface area contributed by atoms with E-state index in [2.05, 4.69) is 228 Å². The van der Waals surface area contributed by atoms with E-state index in [1.807, 2.05) is 6.07 Å². The lowest BCUT2D eigenvalue weighted by molar-refractivity contribution is 1.19. The summed E-state index contributed by atoms with van der Waals surface area (Å²) in [7, 11) is 0. The maximum absolute atomic E-state index is 5.11. The van der Waals surface area contributed by atoms with Crippen LogP contribution in [-0.2, 0) is 0 Å². The van der Waals surface area contributed by atoms with Gasteiger partial charge >= 0.3 is 0 Å². The van der Waals surface area contributed by atoms with Crippen molar-refractivity contribution in [2.75, 3.05) is 4.90 Å². The van der Waals surface area contributed by atoms with Crippen LogP contribution in [0.3, 0.4) is 0 Å². The molecular weight excluding hydrogens is 727 g/mol. The summed E-state index contributed by atoms with van der Waals surface area (Å²) in [6, 6.07) is 79.0. The molecule has 0 unspecified atom stereocenters. The van der Waals surface area contributed by atoms with Gasteiger partial charge in [-0.3, -0.25) is 4.40 Å². The van der Waals surface area contributed by atoms with E-state index in [1.54, 1.807) is 0 Å². The third-order valence-corrected chi connectivity index (χ3v) is 12.2. The molecule has 0 aliphatic rings. The number of hydrogen-bond donors (Lipinski definition) is 0. The fraction of sp³-hybridized carbons (Fsp3) is 0. The van der Waals surface area contributed by atoms with Crippen molar-refractivity contribution in [1.29, 1.82) is 0 Å². The lowest BCUT2D eigenvalue weighted by Crippen LogP contribution is -2.09. The summed E-state index contributed by atoms with van der Waals surface area (Å²) in [6.07, 6.45) is 2.10. The summed E-state index contributed by atoms with van der Waals surface area (Å²) in [4.78, 5) is 7.45. The van der Waals surface area contributed by atoms with Crippen molar-refractivity contribution in [1.82, 2.24) is 9.38 Å². The van der Waals surface area contributed by atoms with E-state index >= 15 is 0 Å². The highest BCUT2D eigenvalue weighted by Gasteiger charge is 2.19. The van der Waals surface area contributed by atoms with Crippen molar-refractivity contribution >= 4 is 65.8 Å². The van der Waals surface area contributed by atoms with Gasteiger partial charge in [-0.1, -0.05) is 170 Å². The summed E-state index contributed by atoms with van der Waals surface area (Å²) in [5, 5.41) is 10.1. The molecule has 0 N–H and O–H groups in total. The number of benzene rings is 10. The summed E-state index contributed by atoms with van der Waals surface area (Å²) in [6.45, 7) is 0. The van der Waals surface area contributed by atoms with E-state index < -0.39 is 0 Å². The van der Waals surface area contributed by atoms with Crippen LogP contribution in [0.1, 0.15) is 0 Å². The number of imidazole rings is 1. The van der Waals surface area contributed by atoms with Crippen molar-refractivity contribution in [2.45, 2.75) is 0 Å². The molecule has 0 aliphatic carbocycles. The molecule has 280 valence electrons. The average molecular weight is 764 g/mol. The first-order valence-corrected chi connectivity index (χ1v) is 20.5. The van der Waals surface area contributed by atoms with Gasteiger partial charge in [0.25, 0.3) is 0 Å². The monoisotopic (exact) mass is 763 g/mol. The number of pyridine rings is 1. The Balaban J connectivity index is 0.935. The molecule has 0 radical (unpaired) electrons. The van der Waals surface area contributed by atoms with Gasteiger partial charge in [0.15, 0.2) is 0 Å².